The average Bonchev–Trinajstić information content (AvgIpc) is 2.90. The minimum Gasteiger partial charge on any atom is -0.380 e. The first kappa shape index (κ1) is 11.9. The molecular formula is C16H16N2O. The number of H-pyrrole nitrogens is 1. The molecule has 0 saturated heterocycles. The highest BCUT2D eigenvalue weighted by molar-refractivity contribution is 5.76. The van der Waals surface area contributed by atoms with Gasteiger partial charge in [-0.1, -0.05) is 43.3 Å². The molecule has 3 heteroatoms. The molecule has 96 valence electrons. The van der Waals surface area contributed by atoms with Crippen molar-refractivity contribution in [1.29, 1.82) is 0 Å². The maximum atomic E-state index is 10.3. The second kappa shape index (κ2) is 4.86. The zero-order chi connectivity index (χ0) is 13.2. The highest BCUT2D eigenvalue weighted by Crippen LogP contribution is 2.22. The third kappa shape index (κ3) is 2.25. The van der Waals surface area contributed by atoms with Crippen molar-refractivity contribution in [3.8, 4) is 0 Å². The van der Waals surface area contributed by atoms with Gasteiger partial charge in [0, 0.05) is 0 Å². The van der Waals surface area contributed by atoms with Crippen molar-refractivity contribution in [2.24, 2.45) is 0 Å². The lowest BCUT2D eigenvalue weighted by Crippen LogP contribution is -2.01. The molecule has 3 aromatic rings. The SMILES string of the molecule is CCc1ccc2nc(C(O)c3ccccc3)[nH]c2c1. The number of aliphatic hydroxyl groups is 1. The molecular weight excluding hydrogens is 236 g/mol. The van der Waals surface area contributed by atoms with Gasteiger partial charge in [-0.25, -0.2) is 4.98 Å². The summed E-state index contributed by atoms with van der Waals surface area (Å²) in [6.45, 7) is 2.12. The molecule has 19 heavy (non-hydrogen) atoms. The molecule has 1 aromatic heterocycles. The zero-order valence-electron chi connectivity index (χ0n) is 10.8. The number of hydrogen-bond donors (Lipinski definition) is 2. The third-order valence-corrected chi connectivity index (χ3v) is 3.35. The topological polar surface area (TPSA) is 48.9 Å². The van der Waals surface area contributed by atoms with Crippen molar-refractivity contribution in [2.45, 2.75) is 19.4 Å². The molecule has 1 unspecified atom stereocenters. The molecule has 3 nitrogen and oxygen atoms in total. The van der Waals surface area contributed by atoms with E-state index < -0.39 is 6.10 Å². The molecule has 0 bridgehead atoms. The van der Waals surface area contributed by atoms with Gasteiger partial charge < -0.3 is 10.1 Å². The van der Waals surface area contributed by atoms with E-state index in [4.69, 9.17) is 0 Å². The standard InChI is InChI=1S/C16H16N2O/c1-2-11-8-9-13-14(10-11)18-16(17-13)15(19)12-6-4-3-5-7-12/h3-10,15,19H,2H2,1H3,(H,17,18). The van der Waals surface area contributed by atoms with Crippen molar-refractivity contribution in [2.75, 3.05) is 0 Å². The van der Waals surface area contributed by atoms with Crippen molar-refractivity contribution >= 4 is 11.0 Å². The van der Waals surface area contributed by atoms with Crippen molar-refractivity contribution in [1.82, 2.24) is 9.97 Å². The maximum absolute atomic E-state index is 10.3. The van der Waals surface area contributed by atoms with E-state index in [1.165, 1.54) is 5.56 Å². The third-order valence-electron chi connectivity index (χ3n) is 3.35. The van der Waals surface area contributed by atoms with Gasteiger partial charge in [0.05, 0.1) is 11.0 Å². The van der Waals surface area contributed by atoms with Crippen LogP contribution in [-0.2, 0) is 6.42 Å². The summed E-state index contributed by atoms with van der Waals surface area (Å²) in [4.78, 5) is 7.67. The quantitative estimate of drug-likeness (QED) is 0.752. The van der Waals surface area contributed by atoms with Gasteiger partial charge in [-0.3, -0.25) is 0 Å². The number of aromatic amines is 1. The number of benzene rings is 2. The predicted molar refractivity (Wildman–Crippen MR) is 76.0 cm³/mol. The lowest BCUT2D eigenvalue weighted by molar-refractivity contribution is 0.211. The van der Waals surface area contributed by atoms with E-state index in [-0.39, 0.29) is 0 Å². The monoisotopic (exact) mass is 252 g/mol. The Morgan fingerprint density at radius 3 is 2.68 bits per heavy atom. The summed E-state index contributed by atoms with van der Waals surface area (Å²) in [6.07, 6.45) is 0.282. The number of imidazole rings is 1. The molecule has 0 amide bonds. The van der Waals surface area contributed by atoms with Crippen LogP contribution >= 0.6 is 0 Å². The van der Waals surface area contributed by atoms with Gasteiger partial charge in [0.1, 0.15) is 11.9 Å². The van der Waals surface area contributed by atoms with Crippen LogP contribution in [0.1, 0.15) is 30.0 Å². The second-order valence-corrected chi connectivity index (χ2v) is 4.64. The molecule has 2 aromatic carbocycles. The summed E-state index contributed by atoms with van der Waals surface area (Å²) in [5.74, 6) is 0.592. The molecule has 0 fully saturated rings. The Morgan fingerprint density at radius 2 is 1.95 bits per heavy atom. The van der Waals surface area contributed by atoms with Crippen molar-refractivity contribution < 1.29 is 5.11 Å². The van der Waals surface area contributed by atoms with Gasteiger partial charge in [0.2, 0.25) is 0 Å². The molecule has 1 atom stereocenters. The first-order valence-corrected chi connectivity index (χ1v) is 6.49. The van der Waals surface area contributed by atoms with Gasteiger partial charge in [-0.15, -0.1) is 0 Å². The average molecular weight is 252 g/mol. The Hall–Kier alpha value is -2.13. The van der Waals surface area contributed by atoms with E-state index in [0.29, 0.717) is 5.82 Å². The normalized spacial score (nSPS) is 12.7. The van der Waals surface area contributed by atoms with Crippen LogP contribution < -0.4 is 0 Å². The second-order valence-electron chi connectivity index (χ2n) is 4.64. The van der Waals surface area contributed by atoms with Crippen molar-refractivity contribution in [3.05, 3.63) is 65.5 Å². The summed E-state index contributed by atoms with van der Waals surface area (Å²) in [5, 5.41) is 10.3. The van der Waals surface area contributed by atoms with E-state index in [0.717, 1.165) is 23.0 Å². The molecule has 2 N–H and O–H groups in total. The Kier molecular flexibility index (Phi) is 3.05. The smallest absolute Gasteiger partial charge is 0.140 e. The molecule has 0 aliphatic heterocycles. The fraction of sp³-hybridized carbons (Fsp3) is 0.188. The molecule has 0 spiro atoms. The van der Waals surface area contributed by atoms with Gasteiger partial charge in [-0.2, -0.15) is 0 Å². The first-order chi connectivity index (χ1) is 9.28. The van der Waals surface area contributed by atoms with Gasteiger partial charge >= 0.3 is 0 Å². The Labute approximate surface area is 111 Å². The highest BCUT2D eigenvalue weighted by atomic mass is 16.3. The largest absolute Gasteiger partial charge is 0.380 e. The van der Waals surface area contributed by atoms with Crippen LogP contribution in [0.25, 0.3) is 11.0 Å². The molecule has 3 rings (SSSR count). The summed E-state index contributed by atoms with van der Waals surface area (Å²) < 4.78 is 0. The highest BCUT2D eigenvalue weighted by Gasteiger charge is 2.14. The number of aryl methyl sites for hydroxylation is 1. The van der Waals surface area contributed by atoms with Gasteiger partial charge in [0.15, 0.2) is 0 Å². The van der Waals surface area contributed by atoms with E-state index in [1.807, 2.05) is 36.4 Å². The summed E-state index contributed by atoms with van der Waals surface area (Å²) in [7, 11) is 0. The number of aromatic nitrogens is 2. The van der Waals surface area contributed by atoms with E-state index in [1.54, 1.807) is 0 Å². The fourth-order valence-electron chi connectivity index (χ4n) is 2.22. The minimum atomic E-state index is -0.710. The van der Waals surface area contributed by atoms with Crippen LogP contribution in [0.2, 0.25) is 0 Å². The zero-order valence-corrected chi connectivity index (χ0v) is 10.8. The lowest BCUT2D eigenvalue weighted by Gasteiger charge is -2.06. The van der Waals surface area contributed by atoms with Crippen LogP contribution in [0, 0.1) is 0 Å². The van der Waals surface area contributed by atoms with E-state index in [9.17, 15) is 5.11 Å². The van der Waals surface area contributed by atoms with Crippen molar-refractivity contribution in [3.63, 3.8) is 0 Å². The number of rotatable bonds is 3. The fourth-order valence-corrected chi connectivity index (χ4v) is 2.22. The maximum Gasteiger partial charge on any atom is 0.140 e. The molecule has 0 aliphatic rings. The first-order valence-electron chi connectivity index (χ1n) is 6.49. The number of aliphatic hydroxyl groups excluding tert-OH is 1. The van der Waals surface area contributed by atoms with Crippen LogP contribution in [0.4, 0.5) is 0 Å². The van der Waals surface area contributed by atoms with Crippen LogP contribution in [0.15, 0.2) is 48.5 Å². The van der Waals surface area contributed by atoms with E-state index in [2.05, 4.69) is 29.0 Å². The number of fused-ring (bicyclic) bond motifs is 1. The van der Waals surface area contributed by atoms with Gasteiger partial charge in [-0.05, 0) is 29.7 Å². The Morgan fingerprint density at radius 1 is 1.16 bits per heavy atom. The molecule has 0 saturated carbocycles. The molecule has 0 radical (unpaired) electrons. The van der Waals surface area contributed by atoms with Crippen LogP contribution in [0.3, 0.4) is 0 Å². The number of nitrogens with one attached hydrogen (secondary N) is 1. The minimum absolute atomic E-state index is 0.592. The molecule has 0 aliphatic carbocycles. The lowest BCUT2D eigenvalue weighted by atomic mass is 10.1. The summed E-state index contributed by atoms with van der Waals surface area (Å²) in [5.41, 5.74) is 3.97. The van der Waals surface area contributed by atoms with Gasteiger partial charge in [0.25, 0.3) is 0 Å². The number of nitrogens with zero attached hydrogens (tertiary/aromatic N) is 1. The molecule has 1 heterocycles. The van der Waals surface area contributed by atoms with Crippen LogP contribution in [0.5, 0.6) is 0 Å². The predicted octanol–water partition coefficient (Wildman–Crippen LogP) is 3.21. The summed E-state index contributed by atoms with van der Waals surface area (Å²) >= 11 is 0. The van der Waals surface area contributed by atoms with Crippen LogP contribution in [-0.4, -0.2) is 15.1 Å². The van der Waals surface area contributed by atoms with E-state index >= 15 is 0 Å². The summed E-state index contributed by atoms with van der Waals surface area (Å²) in [6, 6.07) is 15.7. The Bertz CT molecular complexity index is 688. The number of hydrogen-bond acceptors (Lipinski definition) is 2. The Balaban J connectivity index is 2.01.